The van der Waals surface area contributed by atoms with E-state index >= 15 is 0 Å². The van der Waals surface area contributed by atoms with Crippen LogP contribution in [0.25, 0.3) is 0 Å². The minimum absolute atomic E-state index is 0.0585. The highest BCUT2D eigenvalue weighted by Gasteiger charge is 2.17. The Morgan fingerprint density at radius 2 is 1.72 bits per heavy atom. The van der Waals surface area contributed by atoms with E-state index in [4.69, 9.17) is 16.3 Å². The van der Waals surface area contributed by atoms with Crippen LogP contribution in [0.2, 0.25) is 5.02 Å². The Hall–Kier alpha value is -2.72. The molecule has 128 valence electrons. The third-order valence-electron chi connectivity index (χ3n) is 3.99. The number of halogens is 1. The quantitative estimate of drug-likeness (QED) is 0.693. The highest BCUT2D eigenvalue weighted by molar-refractivity contribution is 6.30. The second kappa shape index (κ2) is 7.90. The van der Waals surface area contributed by atoms with Crippen molar-refractivity contribution < 1.29 is 9.53 Å². The smallest absolute Gasteiger partial charge is 0.226 e. The zero-order valence-corrected chi connectivity index (χ0v) is 14.6. The summed E-state index contributed by atoms with van der Waals surface area (Å²) in [6.45, 7) is 0. The number of carbonyl (C=O) groups is 1. The number of carbonyl (C=O) groups excluding carboxylic acids is 1. The molecular formula is C20H19ClN2O2. The molecule has 0 aliphatic heterocycles. The second-order valence-electron chi connectivity index (χ2n) is 5.68. The summed E-state index contributed by atoms with van der Waals surface area (Å²) in [5.74, 6) is 0.734. The van der Waals surface area contributed by atoms with Crippen LogP contribution in [0.4, 0.5) is 5.69 Å². The standard InChI is InChI=1S/C20H19ClN2O2/c1-25-18-10-4-15(5-11-18)19(23-12-2-3-13-23)14-20(24)22-17-8-6-16(21)7-9-17/h2-13,19H,14H2,1H3,(H,22,24)/t19-/m1/s1. The van der Waals surface area contributed by atoms with Gasteiger partial charge >= 0.3 is 0 Å². The Bertz CT molecular complexity index is 812. The molecule has 1 heterocycles. The van der Waals surface area contributed by atoms with Gasteiger partial charge < -0.3 is 14.6 Å². The maximum atomic E-state index is 12.5. The molecule has 3 rings (SSSR count). The van der Waals surface area contributed by atoms with E-state index in [9.17, 15) is 4.79 Å². The first-order valence-electron chi connectivity index (χ1n) is 7.97. The van der Waals surface area contributed by atoms with Crippen LogP contribution >= 0.6 is 11.6 Å². The molecule has 2 aromatic carbocycles. The number of aromatic nitrogens is 1. The molecule has 0 saturated heterocycles. The van der Waals surface area contributed by atoms with Crippen LogP contribution in [-0.2, 0) is 4.79 Å². The van der Waals surface area contributed by atoms with E-state index in [-0.39, 0.29) is 11.9 Å². The Morgan fingerprint density at radius 3 is 2.32 bits per heavy atom. The highest BCUT2D eigenvalue weighted by atomic mass is 35.5. The number of methoxy groups -OCH3 is 1. The molecule has 1 N–H and O–H groups in total. The number of hydrogen-bond donors (Lipinski definition) is 1. The minimum atomic E-state index is -0.0896. The Balaban J connectivity index is 1.77. The molecule has 4 nitrogen and oxygen atoms in total. The normalized spacial score (nSPS) is 11.8. The molecule has 0 spiro atoms. The van der Waals surface area contributed by atoms with Crippen LogP contribution < -0.4 is 10.1 Å². The van der Waals surface area contributed by atoms with Crippen LogP contribution in [0.5, 0.6) is 5.75 Å². The van der Waals surface area contributed by atoms with Gasteiger partial charge in [-0.2, -0.15) is 0 Å². The molecule has 0 fully saturated rings. The van der Waals surface area contributed by atoms with E-state index < -0.39 is 0 Å². The van der Waals surface area contributed by atoms with Crippen LogP contribution in [0, 0.1) is 0 Å². The van der Waals surface area contributed by atoms with Crippen LogP contribution in [0.1, 0.15) is 18.0 Å². The minimum Gasteiger partial charge on any atom is -0.497 e. The van der Waals surface area contributed by atoms with Crippen molar-refractivity contribution in [2.75, 3.05) is 12.4 Å². The van der Waals surface area contributed by atoms with Gasteiger partial charge in [0.25, 0.3) is 0 Å². The van der Waals surface area contributed by atoms with E-state index in [2.05, 4.69) is 5.32 Å². The van der Waals surface area contributed by atoms with E-state index in [0.29, 0.717) is 11.4 Å². The van der Waals surface area contributed by atoms with Gasteiger partial charge in [0.2, 0.25) is 5.91 Å². The number of benzene rings is 2. The zero-order valence-electron chi connectivity index (χ0n) is 13.9. The van der Waals surface area contributed by atoms with Gasteiger partial charge in [0, 0.05) is 23.1 Å². The number of hydrogen-bond acceptors (Lipinski definition) is 2. The van der Waals surface area contributed by atoms with Gasteiger partial charge in [0.15, 0.2) is 0 Å². The number of amides is 1. The fourth-order valence-corrected chi connectivity index (χ4v) is 2.82. The lowest BCUT2D eigenvalue weighted by Crippen LogP contribution is -2.19. The van der Waals surface area contributed by atoms with E-state index in [1.807, 2.05) is 53.4 Å². The molecule has 0 bridgehead atoms. The summed E-state index contributed by atoms with van der Waals surface area (Å²) in [6, 6.07) is 18.7. The van der Waals surface area contributed by atoms with Crippen molar-refractivity contribution in [1.82, 2.24) is 4.57 Å². The summed E-state index contributed by atoms with van der Waals surface area (Å²) in [5, 5.41) is 3.56. The summed E-state index contributed by atoms with van der Waals surface area (Å²) in [4.78, 5) is 12.5. The van der Waals surface area contributed by atoms with E-state index in [1.165, 1.54) is 0 Å². The van der Waals surface area contributed by atoms with Gasteiger partial charge in [-0.15, -0.1) is 0 Å². The molecule has 1 atom stereocenters. The lowest BCUT2D eigenvalue weighted by Gasteiger charge is -2.19. The molecule has 5 heteroatoms. The fraction of sp³-hybridized carbons (Fsp3) is 0.150. The third-order valence-corrected chi connectivity index (χ3v) is 4.25. The van der Waals surface area contributed by atoms with E-state index in [1.54, 1.807) is 31.4 Å². The fourth-order valence-electron chi connectivity index (χ4n) is 2.70. The van der Waals surface area contributed by atoms with Crippen molar-refractivity contribution in [3.05, 3.63) is 83.6 Å². The van der Waals surface area contributed by atoms with Crippen molar-refractivity contribution >= 4 is 23.2 Å². The molecule has 1 aromatic heterocycles. The summed E-state index contributed by atoms with van der Waals surface area (Å²) in [5.41, 5.74) is 1.78. The summed E-state index contributed by atoms with van der Waals surface area (Å²) in [6.07, 6.45) is 4.25. The van der Waals surface area contributed by atoms with Gasteiger partial charge in [-0.25, -0.2) is 0 Å². The monoisotopic (exact) mass is 354 g/mol. The number of nitrogens with one attached hydrogen (secondary N) is 1. The zero-order chi connectivity index (χ0) is 17.6. The number of nitrogens with zero attached hydrogens (tertiary/aromatic N) is 1. The van der Waals surface area contributed by atoms with Crippen molar-refractivity contribution in [1.29, 1.82) is 0 Å². The Kier molecular flexibility index (Phi) is 5.41. The van der Waals surface area contributed by atoms with Crippen LogP contribution in [-0.4, -0.2) is 17.6 Å². The predicted molar refractivity (Wildman–Crippen MR) is 100 cm³/mol. The third kappa shape index (κ3) is 4.43. The molecule has 1 amide bonds. The largest absolute Gasteiger partial charge is 0.497 e. The highest BCUT2D eigenvalue weighted by Crippen LogP contribution is 2.25. The van der Waals surface area contributed by atoms with E-state index in [0.717, 1.165) is 17.0 Å². The predicted octanol–water partition coefficient (Wildman–Crippen LogP) is 4.77. The molecule has 0 saturated carbocycles. The lowest BCUT2D eigenvalue weighted by molar-refractivity contribution is -0.116. The second-order valence-corrected chi connectivity index (χ2v) is 6.11. The number of anilines is 1. The summed E-state index contributed by atoms with van der Waals surface area (Å²) >= 11 is 5.88. The summed E-state index contributed by atoms with van der Waals surface area (Å²) < 4.78 is 7.24. The molecule has 0 aliphatic rings. The van der Waals surface area contributed by atoms with Crippen LogP contribution in [0.3, 0.4) is 0 Å². The first-order valence-corrected chi connectivity index (χ1v) is 8.35. The van der Waals surface area contributed by atoms with Crippen molar-refractivity contribution in [2.45, 2.75) is 12.5 Å². The topological polar surface area (TPSA) is 43.3 Å². The number of rotatable bonds is 6. The van der Waals surface area contributed by atoms with Gasteiger partial charge in [-0.3, -0.25) is 4.79 Å². The molecule has 3 aromatic rings. The Labute approximate surface area is 152 Å². The Morgan fingerprint density at radius 1 is 1.08 bits per heavy atom. The molecule has 0 aliphatic carbocycles. The molecule has 0 radical (unpaired) electrons. The SMILES string of the molecule is COc1ccc([C@@H](CC(=O)Nc2ccc(Cl)cc2)n2cccc2)cc1. The average molecular weight is 355 g/mol. The van der Waals surface area contributed by atoms with Gasteiger partial charge in [0.1, 0.15) is 5.75 Å². The molecule has 0 unspecified atom stereocenters. The number of ether oxygens (including phenoxy) is 1. The van der Waals surface area contributed by atoms with Crippen molar-refractivity contribution in [2.24, 2.45) is 0 Å². The first-order chi connectivity index (χ1) is 12.2. The first kappa shape index (κ1) is 17.1. The maximum absolute atomic E-state index is 12.5. The van der Waals surface area contributed by atoms with Gasteiger partial charge in [-0.05, 0) is 54.1 Å². The molecular weight excluding hydrogens is 336 g/mol. The molecule has 25 heavy (non-hydrogen) atoms. The maximum Gasteiger partial charge on any atom is 0.226 e. The lowest BCUT2D eigenvalue weighted by atomic mass is 10.0. The van der Waals surface area contributed by atoms with Gasteiger partial charge in [-0.1, -0.05) is 23.7 Å². The van der Waals surface area contributed by atoms with Crippen molar-refractivity contribution in [3.63, 3.8) is 0 Å². The summed E-state index contributed by atoms with van der Waals surface area (Å²) in [7, 11) is 1.64. The average Bonchev–Trinajstić information content (AvgIpc) is 3.16. The van der Waals surface area contributed by atoms with Gasteiger partial charge in [0.05, 0.1) is 19.6 Å². The van der Waals surface area contributed by atoms with Crippen LogP contribution in [0.15, 0.2) is 73.1 Å². The van der Waals surface area contributed by atoms with Crippen molar-refractivity contribution in [3.8, 4) is 5.75 Å².